The molecule has 3 rings (SSSR count). The van der Waals surface area contributed by atoms with Crippen molar-refractivity contribution in [3.05, 3.63) is 10.9 Å². The molecule has 5 nitrogen and oxygen atoms in total. The van der Waals surface area contributed by atoms with Crippen LogP contribution in [0.5, 0.6) is 0 Å². The van der Waals surface area contributed by atoms with Crippen LogP contribution in [0.25, 0.3) is 0 Å². The van der Waals surface area contributed by atoms with Crippen LogP contribution in [-0.2, 0) is 4.74 Å². The number of thiophene rings is 1. The molecule has 2 aliphatic rings. The normalized spacial score (nSPS) is 18.0. The summed E-state index contributed by atoms with van der Waals surface area (Å²) < 4.78 is 5.56. The van der Waals surface area contributed by atoms with Gasteiger partial charge in [-0.3, -0.25) is 4.79 Å². The van der Waals surface area contributed by atoms with Crippen molar-refractivity contribution in [3.63, 3.8) is 0 Å². The zero-order valence-corrected chi connectivity index (χ0v) is 12.3. The third-order valence-corrected chi connectivity index (χ3v) is 4.58. The van der Waals surface area contributed by atoms with Crippen molar-refractivity contribution < 1.29 is 9.53 Å². The Bertz CT molecular complexity index is 481. The highest BCUT2D eigenvalue weighted by atomic mass is 32.1. The highest BCUT2D eigenvalue weighted by Gasteiger charge is 2.25. The number of nitrogens with one attached hydrogen (secondary N) is 2. The van der Waals surface area contributed by atoms with Crippen molar-refractivity contribution in [2.24, 2.45) is 5.92 Å². The largest absolute Gasteiger partial charge is 0.397 e. The van der Waals surface area contributed by atoms with E-state index in [0.29, 0.717) is 23.2 Å². The van der Waals surface area contributed by atoms with Gasteiger partial charge < -0.3 is 21.1 Å². The summed E-state index contributed by atoms with van der Waals surface area (Å²) in [6.45, 7) is 2.32. The number of nitrogens with two attached hydrogens (primary N) is 1. The second kappa shape index (κ2) is 6.01. The molecular weight excluding hydrogens is 274 g/mol. The Labute approximate surface area is 122 Å². The van der Waals surface area contributed by atoms with Gasteiger partial charge in [-0.05, 0) is 37.7 Å². The second-order valence-electron chi connectivity index (χ2n) is 5.59. The molecule has 0 unspecified atom stereocenters. The number of carbonyl (C=O) groups is 1. The lowest BCUT2D eigenvalue weighted by Crippen LogP contribution is -2.25. The molecule has 2 aliphatic carbocycles. The minimum Gasteiger partial charge on any atom is -0.397 e. The van der Waals surface area contributed by atoms with E-state index in [9.17, 15) is 4.79 Å². The third-order valence-electron chi connectivity index (χ3n) is 3.48. The van der Waals surface area contributed by atoms with E-state index in [1.807, 2.05) is 6.07 Å². The molecule has 1 aromatic heterocycles. The molecule has 110 valence electrons. The lowest BCUT2D eigenvalue weighted by molar-refractivity contribution is 0.0956. The van der Waals surface area contributed by atoms with Gasteiger partial charge in [-0.25, -0.2) is 0 Å². The highest BCUT2D eigenvalue weighted by Crippen LogP contribution is 2.30. The van der Waals surface area contributed by atoms with Crippen LogP contribution in [0.2, 0.25) is 0 Å². The van der Waals surface area contributed by atoms with Gasteiger partial charge in [0.25, 0.3) is 5.91 Å². The first-order chi connectivity index (χ1) is 9.72. The highest BCUT2D eigenvalue weighted by molar-refractivity contribution is 7.18. The predicted octanol–water partition coefficient (Wildman–Crippen LogP) is 2.06. The van der Waals surface area contributed by atoms with Crippen molar-refractivity contribution in [1.82, 2.24) is 5.32 Å². The molecule has 0 spiro atoms. The maximum Gasteiger partial charge on any atom is 0.263 e. The van der Waals surface area contributed by atoms with Crippen LogP contribution in [0, 0.1) is 5.92 Å². The van der Waals surface area contributed by atoms with Crippen molar-refractivity contribution in [1.29, 1.82) is 0 Å². The van der Waals surface area contributed by atoms with Crippen LogP contribution in [-0.4, -0.2) is 31.7 Å². The minimum absolute atomic E-state index is 0.0481. The fourth-order valence-corrected chi connectivity index (χ4v) is 2.84. The summed E-state index contributed by atoms with van der Waals surface area (Å²) in [6.07, 6.45) is 4.80. The monoisotopic (exact) mass is 295 g/mol. The van der Waals surface area contributed by atoms with Gasteiger partial charge in [-0.15, -0.1) is 11.3 Å². The van der Waals surface area contributed by atoms with Crippen LogP contribution >= 0.6 is 11.3 Å². The number of anilines is 2. The van der Waals surface area contributed by atoms with Gasteiger partial charge in [0.15, 0.2) is 0 Å². The Morgan fingerprint density at radius 2 is 2.20 bits per heavy atom. The van der Waals surface area contributed by atoms with Crippen molar-refractivity contribution in [2.75, 3.05) is 30.8 Å². The minimum atomic E-state index is -0.0481. The zero-order chi connectivity index (χ0) is 13.9. The van der Waals surface area contributed by atoms with Gasteiger partial charge in [-0.1, -0.05) is 0 Å². The SMILES string of the molecule is Nc1cc(NCCOCC2CC2)sc1C(=O)NC1CC1. The molecule has 20 heavy (non-hydrogen) atoms. The molecule has 0 bridgehead atoms. The molecule has 2 fully saturated rings. The molecule has 4 N–H and O–H groups in total. The molecule has 0 aliphatic heterocycles. The first-order valence-corrected chi connectivity index (χ1v) is 8.06. The van der Waals surface area contributed by atoms with Crippen LogP contribution in [0.15, 0.2) is 6.07 Å². The first-order valence-electron chi connectivity index (χ1n) is 7.24. The van der Waals surface area contributed by atoms with Crippen molar-refractivity contribution >= 4 is 27.9 Å². The predicted molar refractivity (Wildman–Crippen MR) is 81.3 cm³/mol. The average molecular weight is 295 g/mol. The van der Waals surface area contributed by atoms with Gasteiger partial charge >= 0.3 is 0 Å². The van der Waals surface area contributed by atoms with Crippen LogP contribution < -0.4 is 16.4 Å². The van der Waals surface area contributed by atoms with E-state index in [-0.39, 0.29) is 5.91 Å². The number of amides is 1. The zero-order valence-electron chi connectivity index (χ0n) is 11.5. The summed E-state index contributed by atoms with van der Waals surface area (Å²) in [7, 11) is 0. The van der Waals surface area contributed by atoms with E-state index >= 15 is 0 Å². The van der Waals surface area contributed by atoms with Crippen LogP contribution in [0.1, 0.15) is 35.4 Å². The first kappa shape index (κ1) is 13.7. The average Bonchev–Trinajstić information content (AvgIpc) is 3.31. The summed E-state index contributed by atoms with van der Waals surface area (Å²) in [6, 6.07) is 2.18. The maximum absolute atomic E-state index is 12.0. The number of nitrogen functional groups attached to an aromatic ring is 1. The topological polar surface area (TPSA) is 76.4 Å². The van der Waals surface area contributed by atoms with E-state index in [2.05, 4.69) is 10.6 Å². The van der Waals surface area contributed by atoms with Crippen molar-refractivity contribution in [3.8, 4) is 0 Å². The van der Waals surface area contributed by atoms with E-state index in [4.69, 9.17) is 10.5 Å². The number of hydrogen-bond donors (Lipinski definition) is 3. The number of carbonyl (C=O) groups excluding carboxylic acids is 1. The van der Waals surface area contributed by atoms with Gasteiger partial charge in [0.1, 0.15) is 4.88 Å². The Kier molecular flexibility index (Phi) is 4.12. The van der Waals surface area contributed by atoms with E-state index in [0.717, 1.165) is 36.9 Å². The smallest absolute Gasteiger partial charge is 0.263 e. The van der Waals surface area contributed by atoms with E-state index < -0.39 is 0 Å². The second-order valence-corrected chi connectivity index (χ2v) is 6.64. The maximum atomic E-state index is 12.0. The Hall–Kier alpha value is -1.27. The Morgan fingerprint density at radius 3 is 2.90 bits per heavy atom. The number of rotatable bonds is 8. The molecule has 0 aromatic carbocycles. The molecule has 1 aromatic rings. The van der Waals surface area contributed by atoms with Crippen LogP contribution in [0.4, 0.5) is 10.7 Å². The standard InChI is InChI=1S/C14H21N3O2S/c15-11-7-12(16-5-6-19-8-9-1-2-9)20-13(11)14(18)17-10-3-4-10/h7,9-10,16H,1-6,8,15H2,(H,17,18). The molecule has 6 heteroatoms. The fraction of sp³-hybridized carbons (Fsp3) is 0.643. The summed E-state index contributed by atoms with van der Waals surface area (Å²) in [5.41, 5.74) is 6.45. The van der Waals surface area contributed by atoms with Crippen molar-refractivity contribution in [2.45, 2.75) is 31.7 Å². The quantitative estimate of drug-likeness (QED) is 0.642. The molecule has 1 amide bonds. The van der Waals surface area contributed by atoms with E-state index in [1.165, 1.54) is 24.2 Å². The lowest BCUT2D eigenvalue weighted by Gasteiger charge is -2.04. The third kappa shape index (κ3) is 3.86. The van der Waals surface area contributed by atoms with Crippen LogP contribution in [0.3, 0.4) is 0 Å². The van der Waals surface area contributed by atoms with Gasteiger partial charge in [0, 0.05) is 19.2 Å². The number of ether oxygens (including phenoxy) is 1. The fourth-order valence-electron chi connectivity index (χ4n) is 1.93. The summed E-state index contributed by atoms with van der Waals surface area (Å²) >= 11 is 1.41. The Balaban J connectivity index is 1.42. The molecule has 0 saturated heterocycles. The molecule has 0 radical (unpaired) electrons. The van der Waals surface area contributed by atoms with E-state index in [1.54, 1.807) is 0 Å². The van der Waals surface area contributed by atoms with Gasteiger partial charge in [-0.2, -0.15) is 0 Å². The summed E-state index contributed by atoms with van der Waals surface area (Å²) in [5.74, 6) is 0.748. The van der Waals surface area contributed by atoms with Gasteiger partial charge in [0.05, 0.1) is 17.3 Å². The molecule has 0 atom stereocenters. The summed E-state index contributed by atoms with van der Waals surface area (Å²) in [5, 5.41) is 7.15. The summed E-state index contributed by atoms with van der Waals surface area (Å²) in [4.78, 5) is 12.6. The lowest BCUT2D eigenvalue weighted by atomic mass is 10.3. The Morgan fingerprint density at radius 1 is 1.40 bits per heavy atom. The molecule has 1 heterocycles. The molecular formula is C14H21N3O2S. The number of hydrogen-bond acceptors (Lipinski definition) is 5. The van der Waals surface area contributed by atoms with Gasteiger partial charge in [0.2, 0.25) is 0 Å². The molecule has 2 saturated carbocycles.